The van der Waals surface area contributed by atoms with Crippen LogP contribution in [0.1, 0.15) is 11.1 Å². The zero-order valence-corrected chi connectivity index (χ0v) is 17.9. The molecule has 0 N–H and O–H groups in total. The maximum absolute atomic E-state index is 12.4. The van der Waals surface area contributed by atoms with Gasteiger partial charge in [-0.25, -0.2) is 4.68 Å². The zero-order chi connectivity index (χ0) is 22.6. The highest BCUT2D eigenvalue weighted by atomic mass is 16.5. The third kappa shape index (κ3) is 4.57. The molecular formula is C26H20N4O3. The number of nitrogens with zero attached hydrogens (tertiary/aromatic N) is 4. The quantitative estimate of drug-likeness (QED) is 0.379. The summed E-state index contributed by atoms with van der Waals surface area (Å²) in [7, 11) is 0. The minimum absolute atomic E-state index is 0.0707. The fraction of sp³-hybridized carbons (Fsp3) is 0.0769. The summed E-state index contributed by atoms with van der Waals surface area (Å²) in [4.78, 5) is 16.8. The Morgan fingerprint density at radius 1 is 0.939 bits per heavy atom. The number of benzene rings is 3. The van der Waals surface area contributed by atoms with Crippen LogP contribution in [-0.2, 0) is 6.61 Å². The molecule has 0 aliphatic heterocycles. The Morgan fingerprint density at radius 2 is 1.76 bits per heavy atom. The van der Waals surface area contributed by atoms with E-state index in [1.165, 1.54) is 6.07 Å². The van der Waals surface area contributed by atoms with Crippen LogP contribution in [-0.4, -0.2) is 19.9 Å². The first-order valence-corrected chi connectivity index (χ1v) is 10.4. The van der Waals surface area contributed by atoms with Gasteiger partial charge in [0.2, 0.25) is 11.3 Å². The molecule has 3 aromatic carbocycles. The Morgan fingerprint density at radius 3 is 2.55 bits per heavy atom. The number of aromatic nitrogens is 4. The van der Waals surface area contributed by atoms with Crippen molar-refractivity contribution in [1.29, 1.82) is 0 Å². The smallest absolute Gasteiger partial charge is 0.282 e. The molecule has 2 aromatic heterocycles. The average Bonchev–Trinajstić information content (AvgIpc) is 3.34. The Kier molecular flexibility index (Phi) is 5.51. The van der Waals surface area contributed by atoms with E-state index in [9.17, 15) is 4.79 Å². The van der Waals surface area contributed by atoms with E-state index in [1.54, 1.807) is 10.9 Å². The molecule has 7 nitrogen and oxygen atoms in total. The highest BCUT2D eigenvalue weighted by Crippen LogP contribution is 2.23. The lowest BCUT2D eigenvalue weighted by atomic mass is 10.2. The number of rotatable bonds is 6. The van der Waals surface area contributed by atoms with Crippen molar-refractivity contribution in [2.45, 2.75) is 13.5 Å². The molecule has 0 aliphatic rings. The van der Waals surface area contributed by atoms with Gasteiger partial charge in [-0.15, -0.1) is 0 Å². The van der Waals surface area contributed by atoms with Crippen LogP contribution in [0, 0.1) is 6.92 Å². The molecule has 5 aromatic rings. The third-order valence-electron chi connectivity index (χ3n) is 5.06. The Labute approximate surface area is 189 Å². The third-order valence-corrected chi connectivity index (χ3v) is 5.06. The summed E-state index contributed by atoms with van der Waals surface area (Å²) < 4.78 is 12.8. The van der Waals surface area contributed by atoms with E-state index in [1.807, 2.05) is 85.8 Å². The minimum Gasteiger partial charge on any atom is -0.489 e. The molecule has 0 amide bonds. The van der Waals surface area contributed by atoms with Crippen LogP contribution in [0.4, 0.5) is 0 Å². The standard InChI is InChI=1S/C26H20N4O3/c1-18-6-5-9-21(16-18)30-15-14-23(31)24(28-30)26-27-25(29-33-26)20-10-12-22(13-11-20)32-17-19-7-3-2-4-8-19/h2-16H,17H2,1H3. The van der Waals surface area contributed by atoms with Crippen LogP contribution >= 0.6 is 0 Å². The minimum atomic E-state index is -0.293. The van der Waals surface area contributed by atoms with Crippen molar-refractivity contribution >= 4 is 0 Å². The van der Waals surface area contributed by atoms with Crippen molar-refractivity contribution in [3.8, 4) is 34.4 Å². The van der Waals surface area contributed by atoms with E-state index in [4.69, 9.17) is 9.26 Å². The summed E-state index contributed by atoms with van der Waals surface area (Å²) in [5, 5.41) is 8.44. The first kappa shape index (κ1) is 20.4. The van der Waals surface area contributed by atoms with Crippen LogP contribution < -0.4 is 10.2 Å². The predicted molar refractivity (Wildman–Crippen MR) is 124 cm³/mol. The lowest BCUT2D eigenvalue weighted by Crippen LogP contribution is -2.12. The second-order valence-electron chi connectivity index (χ2n) is 7.53. The molecule has 0 saturated carbocycles. The fourth-order valence-electron chi connectivity index (χ4n) is 3.35. The summed E-state index contributed by atoms with van der Waals surface area (Å²) >= 11 is 0. The molecule has 7 heteroatoms. The van der Waals surface area contributed by atoms with E-state index in [0.29, 0.717) is 12.4 Å². The van der Waals surface area contributed by atoms with Crippen LogP contribution in [0.25, 0.3) is 28.7 Å². The van der Waals surface area contributed by atoms with Crippen molar-refractivity contribution in [2.24, 2.45) is 0 Å². The van der Waals surface area contributed by atoms with E-state index >= 15 is 0 Å². The molecule has 0 bridgehead atoms. The van der Waals surface area contributed by atoms with Gasteiger partial charge in [-0.1, -0.05) is 47.6 Å². The first-order chi connectivity index (χ1) is 16.2. The van der Waals surface area contributed by atoms with Crippen molar-refractivity contribution < 1.29 is 9.26 Å². The van der Waals surface area contributed by atoms with Gasteiger partial charge >= 0.3 is 0 Å². The predicted octanol–water partition coefficient (Wildman–Crippen LogP) is 4.84. The Hall–Kier alpha value is -4.52. The van der Waals surface area contributed by atoms with Gasteiger partial charge in [0.05, 0.1) is 5.69 Å². The van der Waals surface area contributed by atoms with Crippen molar-refractivity contribution in [3.63, 3.8) is 0 Å². The van der Waals surface area contributed by atoms with E-state index in [0.717, 1.165) is 28.1 Å². The number of ether oxygens (including phenoxy) is 1. The summed E-state index contributed by atoms with van der Waals surface area (Å²) in [5.74, 6) is 1.17. The second kappa shape index (κ2) is 8.92. The molecule has 0 fully saturated rings. The number of hydrogen-bond acceptors (Lipinski definition) is 6. The number of aryl methyl sites for hydroxylation is 1. The highest BCUT2D eigenvalue weighted by molar-refractivity contribution is 5.58. The Bertz CT molecular complexity index is 1440. The van der Waals surface area contributed by atoms with Gasteiger partial charge in [-0.2, -0.15) is 10.1 Å². The maximum atomic E-state index is 12.4. The molecule has 0 spiro atoms. The van der Waals surface area contributed by atoms with Crippen molar-refractivity contribution in [2.75, 3.05) is 0 Å². The van der Waals surface area contributed by atoms with Crippen LogP contribution in [0.15, 0.2) is 100 Å². The highest BCUT2D eigenvalue weighted by Gasteiger charge is 2.16. The molecule has 5 rings (SSSR count). The number of hydrogen-bond donors (Lipinski definition) is 0. The second-order valence-corrected chi connectivity index (χ2v) is 7.53. The largest absolute Gasteiger partial charge is 0.489 e. The lowest BCUT2D eigenvalue weighted by molar-refractivity contribution is 0.306. The summed E-state index contributed by atoms with van der Waals surface area (Å²) in [6.45, 7) is 2.48. The summed E-state index contributed by atoms with van der Waals surface area (Å²) in [6, 6.07) is 26.6. The van der Waals surface area contributed by atoms with Crippen LogP contribution in [0.5, 0.6) is 5.75 Å². The van der Waals surface area contributed by atoms with E-state index in [-0.39, 0.29) is 17.0 Å². The van der Waals surface area contributed by atoms with E-state index in [2.05, 4.69) is 15.2 Å². The molecule has 0 aliphatic carbocycles. The summed E-state index contributed by atoms with van der Waals surface area (Å²) in [6.07, 6.45) is 1.62. The molecule has 0 atom stereocenters. The van der Waals surface area contributed by atoms with Crippen molar-refractivity contribution in [1.82, 2.24) is 19.9 Å². The fourth-order valence-corrected chi connectivity index (χ4v) is 3.35. The lowest BCUT2D eigenvalue weighted by Gasteiger charge is -2.06. The van der Waals surface area contributed by atoms with Gasteiger partial charge in [0, 0.05) is 17.8 Å². The molecular weight excluding hydrogens is 416 g/mol. The maximum Gasteiger partial charge on any atom is 0.282 e. The average molecular weight is 436 g/mol. The molecule has 33 heavy (non-hydrogen) atoms. The van der Waals surface area contributed by atoms with Gasteiger partial charge in [0.15, 0.2) is 5.69 Å². The first-order valence-electron chi connectivity index (χ1n) is 10.4. The van der Waals surface area contributed by atoms with Crippen LogP contribution in [0.2, 0.25) is 0 Å². The molecule has 162 valence electrons. The summed E-state index contributed by atoms with van der Waals surface area (Å²) in [5.41, 5.74) is 3.57. The molecule has 0 saturated heterocycles. The molecule has 2 heterocycles. The normalized spacial score (nSPS) is 10.8. The van der Waals surface area contributed by atoms with Gasteiger partial charge < -0.3 is 9.26 Å². The van der Waals surface area contributed by atoms with Crippen LogP contribution in [0.3, 0.4) is 0 Å². The van der Waals surface area contributed by atoms with Gasteiger partial charge in [0.1, 0.15) is 12.4 Å². The van der Waals surface area contributed by atoms with Crippen molar-refractivity contribution in [3.05, 3.63) is 112 Å². The van der Waals surface area contributed by atoms with E-state index < -0.39 is 0 Å². The molecule has 0 unspecified atom stereocenters. The molecule has 0 radical (unpaired) electrons. The SMILES string of the molecule is Cc1cccc(-n2ccc(=O)c(-c3nc(-c4ccc(OCc5ccccc5)cc4)no3)n2)c1. The zero-order valence-electron chi connectivity index (χ0n) is 17.9. The van der Waals surface area contributed by atoms with Gasteiger partial charge in [-0.05, 0) is 54.4 Å². The topological polar surface area (TPSA) is 83.0 Å². The monoisotopic (exact) mass is 436 g/mol. The Balaban J connectivity index is 1.36. The van der Waals surface area contributed by atoms with Gasteiger partial charge in [0.25, 0.3) is 5.89 Å². The van der Waals surface area contributed by atoms with Gasteiger partial charge in [-0.3, -0.25) is 4.79 Å².